The molecular weight excluding hydrogens is 333 g/mol. The van der Waals surface area contributed by atoms with E-state index in [-0.39, 0.29) is 5.75 Å². The van der Waals surface area contributed by atoms with Gasteiger partial charge < -0.3 is 10.9 Å². The first-order valence-electron chi connectivity index (χ1n) is 4.77. The van der Waals surface area contributed by atoms with E-state index in [1.807, 2.05) is 0 Å². The minimum Gasteiger partial charge on any atom is -0.409 e. The molecular formula is C10H10BrF3N2OS. The van der Waals surface area contributed by atoms with Crippen molar-refractivity contribution in [1.82, 2.24) is 0 Å². The van der Waals surface area contributed by atoms with Gasteiger partial charge in [-0.05, 0) is 28.1 Å². The van der Waals surface area contributed by atoms with Gasteiger partial charge in [0.05, 0.1) is 0 Å². The molecule has 0 saturated carbocycles. The van der Waals surface area contributed by atoms with Crippen LogP contribution in [0, 0.1) is 5.92 Å². The van der Waals surface area contributed by atoms with Crippen molar-refractivity contribution in [2.24, 2.45) is 16.8 Å². The van der Waals surface area contributed by atoms with Crippen LogP contribution < -0.4 is 5.73 Å². The van der Waals surface area contributed by atoms with Crippen LogP contribution in [0.4, 0.5) is 13.2 Å². The number of thioether (sulfide) groups is 1. The van der Waals surface area contributed by atoms with Crippen LogP contribution >= 0.6 is 27.7 Å². The average molecular weight is 343 g/mol. The molecule has 0 aliphatic rings. The molecule has 1 aromatic carbocycles. The zero-order chi connectivity index (χ0) is 13.8. The molecule has 3 N–H and O–H groups in total. The van der Waals surface area contributed by atoms with Gasteiger partial charge in [-0.2, -0.15) is 13.2 Å². The van der Waals surface area contributed by atoms with E-state index >= 15 is 0 Å². The Morgan fingerprint density at radius 1 is 1.44 bits per heavy atom. The molecule has 1 unspecified atom stereocenters. The second-order valence-corrected chi connectivity index (χ2v) is 5.28. The summed E-state index contributed by atoms with van der Waals surface area (Å²) in [4.78, 5) is 0.664. The normalized spacial score (nSPS) is 14.6. The highest BCUT2D eigenvalue weighted by atomic mass is 79.9. The fraction of sp³-hybridized carbons (Fsp3) is 0.300. The summed E-state index contributed by atoms with van der Waals surface area (Å²) in [7, 11) is 0. The van der Waals surface area contributed by atoms with Crippen LogP contribution in [-0.4, -0.2) is 23.0 Å². The van der Waals surface area contributed by atoms with E-state index < -0.39 is 17.9 Å². The molecule has 18 heavy (non-hydrogen) atoms. The molecule has 8 heteroatoms. The Morgan fingerprint density at radius 3 is 2.56 bits per heavy atom. The van der Waals surface area contributed by atoms with Crippen molar-refractivity contribution < 1.29 is 18.4 Å². The van der Waals surface area contributed by atoms with Crippen LogP contribution in [-0.2, 0) is 0 Å². The summed E-state index contributed by atoms with van der Waals surface area (Å²) >= 11 is 4.22. The molecule has 0 bridgehead atoms. The van der Waals surface area contributed by atoms with Gasteiger partial charge in [-0.3, -0.25) is 0 Å². The lowest BCUT2D eigenvalue weighted by atomic mass is 10.1. The minimum absolute atomic E-state index is 0.345. The Bertz CT molecular complexity index is 439. The fourth-order valence-corrected chi connectivity index (χ4v) is 2.87. The van der Waals surface area contributed by atoms with Gasteiger partial charge in [-0.15, -0.1) is 11.8 Å². The molecule has 0 spiro atoms. The summed E-state index contributed by atoms with van der Waals surface area (Å²) < 4.78 is 38.7. The van der Waals surface area contributed by atoms with Gasteiger partial charge in [0.15, 0.2) is 5.84 Å². The SMILES string of the molecule is N/C(=N/O)C(CSc1ccccc1Br)C(F)(F)F. The number of rotatable bonds is 4. The number of hydrogen-bond acceptors (Lipinski definition) is 3. The lowest BCUT2D eigenvalue weighted by molar-refractivity contribution is -0.150. The summed E-state index contributed by atoms with van der Waals surface area (Å²) in [6, 6.07) is 6.90. The molecule has 0 aliphatic heterocycles. The van der Waals surface area contributed by atoms with E-state index in [0.717, 1.165) is 11.8 Å². The summed E-state index contributed by atoms with van der Waals surface area (Å²) in [6.45, 7) is 0. The van der Waals surface area contributed by atoms with Gasteiger partial charge in [-0.25, -0.2) is 0 Å². The molecule has 0 aliphatic carbocycles. The first kappa shape index (κ1) is 15.2. The zero-order valence-corrected chi connectivity index (χ0v) is 11.4. The van der Waals surface area contributed by atoms with E-state index in [2.05, 4.69) is 21.1 Å². The number of nitrogens with two attached hydrogens (primary N) is 1. The van der Waals surface area contributed by atoms with Crippen LogP contribution in [0.5, 0.6) is 0 Å². The number of hydrogen-bond donors (Lipinski definition) is 2. The lowest BCUT2D eigenvalue weighted by Crippen LogP contribution is -2.37. The van der Waals surface area contributed by atoms with Crippen LogP contribution in [0.15, 0.2) is 38.8 Å². The number of halogens is 4. The lowest BCUT2D eigenvalue weighted by Gasteiger charge is -2.18. The predicted molar refractivity (Wildman–Crippen MR) is 67.8 cm³/mol. The van der Waals surface area contributed by atoms with Crippen molar-refractivity contribution in [2.45, 2.75) is 11.1 Å². The van der Waals surface area contributed by atoms with E-state index in [4.69, 9.17) is 10.9 Å². The third kappa shape index (κ3) is 4.09. The number of nitrogens with zero attached hydrogens (tertiary/aromatic N) is 1. The van der Waals surface area contributed by atoms with E-state index in [1.165, 1.54) is 0 Å². The van der Waals surface area contributed by atoms with Crippen LogP contribution in [0.2, 0.25) is 0 Å². The van der Waals surface area contributed by atoms with E-state index in [1.54, 1.807) is 24.3 Å². The molecule has 0 heterocycles. The van der Waals surface area contributed by atoms with E-state index in [0.29, 0.717) is 9.37 Å². The third-order valence-corrected chi connectivity index (χ3v) is 4.23. The quantitative estimate of drug-likeness (QED) is 0.289. The molecule has 1 aromatic rings. The molecule has 0 aromatic heterocycles. The second-order valence-electron chi connectivity index (χ2n) is 3.36. The standard InChI is InChI=1S/C10H10BrF3N2OS/c11-7-3-1-2-4-8(7)18-5-6(9(15)16-17)10(12,13)14/h1-4,6,17H,5H2,(H2,15,16). The number of alkyl halides is 3. The van der Waals surface area contributed by atoms with Crippen molar-refractivity contribution in [3.8, 4) is 0 Å². The highest BCUT2D eigenvalue weighted by Gasteiger charge is 2.42. The largest absolute Gasteiger partial charge is 0.409 e. The van der Waals surface area contributed by atoms with Gasteiger partial charge in [0, 0.05) is 15.1 Å². The summed E-state index contributed by atoms with van der Waals surface area (Å²) in [6.07, 6.45) is -4.54. The molecule has 0 saturated heterocycles. The fourth-order valence-electron chi connectivity index (χ4n) is 1.15. The number of oxime groups is 1. The summed E-state index contributed by atoms with van der Waals surface area (Å²) in [5.41, 5.74) is 5.06. The molecule has 1 rings (SSSR count). The topological polar surface area (TPSA) is 58.6 Å². The van der Waals surface area contributed by atoms with Gasteiger partial charge in [0.1, 0.15) is 5.92 Å². The van der Waals surface area contributed by atoms with Gasteiger partial charge >= 0.3 is 6.18 Å². The maximum absolute atomic E-state index is 12.7. The Morgan fingerprint density at radius 2 is 2.06 bits per heavy atom. The smallest absolute Gasteiger partial charge is 0.399 e. The molecule has 1 atom stereocenters. The van der Waals surface area contributed by atoms with Crippen molar-refractivity contribution in [1.29, 1.82) is 0 Å². The first-order chi connectivity index (χ1) is 8.36. The van der Waals surface area contributed by atoms with Crippen LogP contribution in [0.1, 0.15) is 0 Å². The second kappa shape index (κ2) is 6.33. The van der Waals surface area contributed by atoms with Crippen molar-refractivity contribution in [2.75, 3.05) is 5.75 Å². The maximum Gasteiger partial charge on any atom is 0.399 e. The summed E-state index contributed by atoms with van der Waals surface area (Å²) in [5, 5.41) is 10.8. The highest BCUT2D eigenvalue weighted by Crippen LogP contribution is 2.34. The van der Waals surface area contributed by atoms with Gasteiger partial charge in [0.2, 0.25) is 0 Å². The molecule has 100 valence electrons. The molecule has 3 nitrogen and oxygen atoms in total. The Hall–Kier alpha value is -0.890. The van der Waals surface area contributed by atoms with E-state index in [9.17, 15) is 13.2 Å². The molecule has 0 fully saturated rings. The van der Waals surface area contributed by atoms with Crippen LogP contribution in [0.25, 0.3) is 0 Å². The Labute approximate surface area is 114 Å². The Balaban J connectivity index is 2.78. The highest BCUT2D eigenvalue weighted by molar-refractivity contribution is 9.10. The van der Waals surface area contributed by atoms with Crippen molar-refractivity contribution in [3.63, 3.8) is 0 Å². The van der Waals surface area contributed by atoms with Crippen molar-refractivity contribution in [3.05, 3.63) is 28.7 Å². The van der Waals surface area contributed by atoms with Gasteiger partial charge in [-0.1, -0.05) is 17.3 Å². The summed E-state index contributed by atoms with van der Waals surface area (Å²) in [5.74, 6) is -3.15. The monoisotopic (exact) mass is 342 g/mol. The number of amidine groups is 1. The third-order valence-electron chi connectivity index (χ3n) is 2.11. The molecule has 0 radical (unpaired) electrons. The Kier molecular flexibility index (Phi) is 5.33. The minimum atomic E-state index is -4.54. The van der Waals surface area contributed by atoms with Gasteiger partial charge in [0.25, 0.3) is 0 Å². The van der Waals surface area contributed by atoms with Crippen LogP contribution in [0.3, 0.4) is 0 Å². The average Bonchev–Trinajstić information content (AvgIpc) is 2.29. The number of benzene rings is 1. The predicted octanol–water partition coefficient (Wildman–Crippen LogP) is 3.47. The zero-order valence-electron chi connectivity index (χ0n) is 8.99. The maximum atomic E-state index is 12.7. The first-order valence-corrected chi connectivity index (χ1v) is 6.55. The molecule has 0 amide bonds. The van der Waals surface area contributed by atoms with Crippen molar-refractivity contribution >= 4 is 33.5 Å².